The van der Waals surface area contributed by atoms with E-state index in [1.54, 1.807) is 30.5 Å². The number of hydrogen-bond acceptors (Lipinski definition) is 3. The summed E-state index contributed by atoms with van der Waals surface area (Å²) in [6, 6.07) is 16.2. The molecule has 2 aromatic carbocycles. The number of hydrogen-bond donors (Lipinski definition) is 0. The first-order valence-corrected chi connectivity index (χ1v) is 5.58. The van der Waals surface area contributed by atoms with Crippen molar-refractivity contribution in [1.82, 2.24) is 0 Å². The summed E-state index contributed by atoms with van der Waals surface area (Å²) in [5.74, 6) is 0.104. The molecule has 0 aliphatic carbocycles. The fourth-order valence-electron chi connectivity index (χ4n) is 1.80. The van der Waals surface area contributed by atoms with Gasteiger partial charge >= 0.3 is 5.97 Å². The van der Waals surface area contributed by atoms with E-state index in [0.29, 0.717) is 16.9 Å². The van der Waals surface area contributed by atoms with Crippen LogP contribution in [-0.4, -0.2) is 5.97 Å². The van der Waals surface area contributed by atoms with Crippen molar-refractivity contribution in [2.75, 3.05) is 0 Å². The summed E-state index contributed by atoms with van der Waals surface area (Å²) in [5.41, 5.74) is 0.986. The predicted molar refractivity (Wildman–Crippen MR) is 67.6 cm³/mol. The quantitative estimate of drug-likeness (QED) is 0.505. The minimum atomic E-state index is -0.415. The number of carbonyl (C=O) groups excluding carboxylic acids is 1. The van der Waals surface area contributed by atoms with E-state index in [4.69, 9.17) is 9.15 Å². The Balaban J connectivity index is 1.95. The van der Waals surface area contributed by atoms with E-state index in [-0.39, 0.29) is 0 Å². The molecule has 0 saturated heterocycles. The summed E-state index contributed by atoms with van der Waals surface area (Å²) in [7, 11) is 0. The Morgan fingerprint density at radius 1 is 0.944 bits per heavy atom. The molecule has 0 atom stereocenters. The summed E-state index contributed by atoms with van der Waals surface area (Å²) in [5, 5.41) is 0.887. The number of ether oxygens (including phenoxy) is 1. The second-order valence-electron chi connectivity index (χ2n) is 3.85. The Bertz CT molecular complexity index is 683. The maximum atomic E-state index is 12.0. The molecule has 0 aliphatic rings. The van der Waals surface area contributed by atoms with E-state index in [1.807, 2.05) is 30.3 Å². The Morgan fingerprint density at radius 2 is 1.78 bits per heavy atom. The molecule has 1 aromatic heterocycles. The third kappa shape index (κ3) is 1.86. The molecule has 3 rings (SSSR count). The monoisotopic (exact) mass is 238 g/mol. The first-order chi connectivity index (χ1) is 8.84. The summed E-state index contributed by atoms with van der Waals surface area (Å²) < 4.78 is 10.6. The van der Waals surface area contributed by atoms with Gasteiger partial charge in [-0.15, -0.1) is 0 Å². The van der Waals surface area contributed by atoms with Gasteiger partial charge in [0.15, 0.2) is 0 Å². The lowest BCUT2D eigenvalue weighted by Gasteiger charge is -2.04. The summed E-state index contributed by atoms with van der Waals surface area (Å²) in [4.78, 5) is 12.0. The van der Waals surface area contributed by atoms with E-state index in [1.165, 1.54) is 0 Å². The van der Waals surface area contributed by atoms with E-state index >= 15 is 0 Å². The van der Waals surface area contributed by atoms with Gasteiger partial charge in [0.05, 0.1) is 6.26 Å². The van der Waals surface area contributed by atoms with Gasteiger partial charge in [0.1, 0.15) is 16.9 Å². The van der Waals surface area contributed by atoms with Crippen LogP contribution in [0.3, 0.4) is 0 Å². The SMILES string of the molecule is O=C(Oc1ccccc1)c1cccc2ccoc12. The molecule has 0 bridgehead atoms. The predicted octanol–water partition coefficient (Wildman–Crippen LogP) is 3.65. The molecule has 0 spiro atoms. The van der Waals surface area contributed by atoms with Crippen molar-refractivity contribution in [2.45, 2.75) is 0 Å². The second-order valence-corrected chi connectivity index (χ2v) is 3.85. The third-order valence-electron chi connectivity index (χ3n) is 2.65. The van der Waals surface area contributed by atoms with E-state index in [9.17, 15) is 4.79 Å². The van der Waals surface area contributed by atoms with Crippen molar-refractivity contribution in [2.24, 2.45) is 0 Å². The van der Waals surface area contributed by atoms with Crippen LogP contribution in [0.5, 0.6) is 5.75 Å². The number of rotatable bonds is 2. The average molecular weight is 238 g/mol. The minimum absolute atomic E-state index is 0.415. The van der Waals surface area contributed by atoms with Crippen molar-refractivity contribution in [1.29, 1.82) is 0 Å². The van der Waals surface area contributed by atoms with Gasteiger partial charge in [-0.05, 0) is 24.3 Å². The first kappa shape index (κ1) is 10.6. The molecule has 18 heavy (non-hydrogen) atoms. The number of para-hydroxylation sites is 2. The van der Waals surface area contributed by atoms with Gasteiger partial charge < -0.3 is 9.15 Å². The number of fused-ring (bicyclic) bond motifs is 1. The smallest absolute Gasteiger partial charge is 0.347 e. The largest absolute Gasteiger partial charge is 0.463 e. The van der Waals surface area contributed by atoms with Crippen LogP contribution in [0.15, 0.2) is 65.3 Å². The molecule has 0 radical (unpaired) electrons. The molecule has 0 amide bonds. The molecule has 0 saturated carbocycles. The van der Waals surface area contributed by atoms with Crippen LogP contribution in [-0.2, 0) is 0 Å². The van der Waals surface area contributed by atoms with Crippen LogP contribution in [0.2, 0.25) is 0 Å². The lowest BCUT2D eigenvalue weighted by molar-refractivity contribution is 0.0735. The molecular weight excluding hydrogens is 228 g/mol. The van der Waals surface area contributed by atoms with Crippen LogP contribution in [0.25, 0.3) is 11.0 Å². The Morgan fingerprint density at radius 3 is 2.61 bits per heavy atom. The molecule has 3 nitrogen and oxygen atoms in total. The van der Waals surface area contributed by atoms with Crippen LogP contribution in [0.1, 0.15) is 10.4 Å². The average Bonchev–Trinajstić information content (AvgIpc) is 2.87. The topological polar surface area (TPSA) is 39.4 Å². The zero-order chi connectivity index (χ0) is 12.4. The fraction of sp³-hybridized carbons (Fsp3) is 0. The molecule has 0 N–H and O–H groups in total. The highest BCUT2D eigenvalue weighted by Crippen LogP contribution is 2.21. The van der Waals surface area contributed by atoms with Gasteiger partial charge in [-0.1, -0.05) is 30.3 Å². The van der Waals surface area contributed by atoms with Crippen molar-refractivity contribution in [3.05, 3.63) is 66.4 Å². The molecule has 0 unspecified atom stereocenters. The van der Waals surface area contributed by atoms with Gasteiger partial charge in [-0.25, -0.2) is 4.79 Å². The molecule has 3 aromatic rings. The van der Waals surface area contributed by atoms with Crippen LogP contribution >= 0.6 is 0 Å². The maximum Gasteiger partial charge on any atom is 0.347 e. The highest BCUT2D eigenvalue weighted by atomic mass is 16.5. The number of carbonyl (C=O) groups is 1. The normalized spacial score (nSPS) is 10.4. The number of furan rings is 1. The lowest BCUT2D eigenvalue weighted by atomic mass is 10.1. The van der Waals surface area contributed by atoms with Gasteiger partial charge in [0.25, 0.3) is 0 Å². The number of esters is 1. The Kier molecular flexibility index (Phi) is 2.57. The Hall–Kier alpha value is -2.55. The van der Waals surface area contributed by atoms with Gasteiger partial charge in [-0.3, -0.25) is 0 Å². The fourth-order valence-corrected chi connectivity index (χ4v) is 1.80. The van der Waals surface area contributed by atoms with Crippen LogP contribution in [0, 0.1) is 0 Å². The molecule has 0 aliphatic heterocycles. The van der Waals surface area contributed by atoms with Crippen molar-refractivity contribution in [3.8, 4) is 5.75 Å². The second kappa shape index (κ2) is 4.37. The van der Waals surface area contributed by atoms with Crippen LogP contribution in [0.4, 0.5) is 0 Å². The molecule has 88 valence electrons. The minimum Gasteiger partial charge on any atom is -0.463 e. The molecule has 3 heteroatoms. The first-order valence-electron chi connectivity index (χ1n) is 5.58. The zero-order valence-electron chi connectivity index (χ0n) is 9.50. The highest BCUT2D eigenvalue weighted by Gasteiger charge is 2.14. The van der Waals surface area contributed by atoms with Gasteiger partial charge in [0, 0.05) is 5.39 Å². The zero-order valence-corrected chi connectivity index (χ0v) is 9.50. The van der Waals surface area contributed by atoms with E-state index in [2.05, 4.69) is 0 Å². The third-order valence-corrected chi connectivity index (χ3v) is 2.65. The molecular formula is C15H10O3. The summed E-state index contributed by atoms with van der Waals surface area (Å²) in [6.07, 6.45) is 1.56. The summed E-state index contributed by atoms with van der Waals surface area (Å²) in [6.45, 7) is 0. The van der Waals surface area contributed by atoms with Crippen molar-refractivity contribution in [3.63, 3.8) is 0 Å². The van der Waals surface area contributed by atoms with Gasteiger partial charge in [-0.2, -0.15) is 0 Å². The van der Waals surface area contributed by atoms with Crippen molar-refractivity contribution < 1.29 is 13.9 Å². The highest BCUT2D eigenvalue weighted by molar-refractivity contribution is 6.02. The van der Waals surface area contributed by atoms with Crippen molar-refractivity contribution >= 4 is 16.9 Å². The van der Waals surface area contributed by atoms with Gasteiger partial charge in [0.2, 0.25) is 0 Å². The van der Waals surface area contributed by atoms with E-state index < -0.39 is 5.97 Å². The van der Waals surface area contributed by atoms with E-state index in [0.717, 1.165) is 5.39 Å². The Labute approximate surface area is 104 Å². The molecule has 0 fully saturated rings. The van der Waals surface area contributed by atoms with Crippen LogP contribution < -0.4 is 4.74 Å². The molecule has 1 heterocycles. The standard InChI is InChI=1S/C15H10O3/c16-15(18-12-6-2-1-3-7-12)13-8-4-5-11-9-10-17-14(11)13/h1-10H. The summed E-state index contributed by atoms with van der Waals surface area (Å²) >= 11 is 0. The maximum absolute atomic E-state index is 12.0. The number of benzene rings is 2. The lowest BCUT2D eigenvalue weighted by Crippen LogP contribution is -2.08.